The molecule has 1 heterocycles. The number of piperidine rings is 1. The predicted molar refractivity (Wildman–Crippen MR) is 76.5 cm³/mol. The molecule has 17 heavy (non-hydrogen) atoms. The number of aryl methyl sites for hydroxylation is 1. The van der Waals surface area contributed by atoms with E-state index in [2.05, 4.69) is 51.7 Å². The van der Waals surface area contributed by atoms with E-state index in [1.165, 1.54) is 35.0 Å². The molecule has 3 heteroatoms. The minimum atomic E-state index is 0.663. The fraction of sp³-hybridized carbons (Fsp3) is 0.571. The molecule has 1 aromatic carbocycles. The second-order valence-electron chi connectivity index (χ2n) is 4.82. The van der Waals surface area contributed by atoms with Crippen LogP contribution in [0.5, 0.6) is 0 Å². The van der Waals surface area contributed by atoms with Crippen molar-refractivity contribution in [1.29, 1.82) is 0 Å². The van der Waals surface area contributed by atoms with Crippen LogP contribution in [0.25, 0.3) is 0 Å². The topological polar surface area (TPSA) is 24.1 Å². The number of benzene rings is 1. The average Bonchev–Trinajstić information content (AvgIpc) is 2.35. The highest BCUT2D eigenvalue weighted by Gasteiger charge is 2.11. The Labute approximate surface area is 112 Å². The first-order valence-electron chi connectivity index (χ1n) is 6.45. The van der Waals surface area contributed by atoms with Gasteiger partial charge in [-0.3, -0.25) is 0 Å². The van der Waals surface area contributed by atoms with E-state index in [0.717, 1.165) is 19.5 Å². The molecule has 1 fully saturated rings. The zero-order valence-corrected chi connectivity index (χ0v) is 12.0. The van der Waals surface area contributed by atoms with E-state index in [0.29, 0.717) is 6.04 Å². The van der Waals surface area contributed by atoms with Crippen LogP contribution >= 0.6 is 15.9 Å². The van der Waals surface area contributed by atoms with Gasteiger partial charge < -0.3 is 10.6 Å². The van der Waals surface area contributed by atoms with Crippen LogP contribution < -0.4 is 10.6 Å². The maximum atomic E-state index is 3.64. The molecule has 0 saturated carbocycles. The lowest BCUT2D eigenvalue weighted by Gasteiger charge is -2.24. The third-order valence-electron chi connectivity index (χ3n) is 3.44. The largest absolute Gasteiger partial charge is 0.315 e. The second-order valence-corrected chi connectivity index (χ2v) is 5.73. The molecule has 0 radical (unpaired) electrons. The summed E-state index contributed by atoms with van der Waals surface area (Å²) in [5.74, 6) is 0. The number of hydrogen-bond donors (Lipinski definition) is 2. The Morgan fingerprint density at radius 2 is 2.35 bits per heavy atom. The van der Waals surface area contributed by atoms with Gasteiger partial charge in [-0.2, -0.15) is 0 Å². The van der Waals surface area contributed by atoms with Gasteiger partial charge in [-0.1, -0.05) is 22.0 Å². The van der Waals surface area contributed by atoms with Crippen molar-refractivity contribution < 1.29 is 0 Å². The molecule has 1 aliphatic heterocycles. The zero-order chi connectivity index (χ0) is 12.1. The van der Waals surface area contributed by atoms with E-state index in [1.54, 1.807) is 0 Å². The quantitative estimate of drug-likeness (QED) is 0.893. The van der Waals surface area contributed by atoms with Crippen LogP contribution in [-0.4, -0.2) is 25.7 Å². The molecule has 2 nitrogen and oxygen atoms in total. The molecule has 0 aliphatic carbocycles. The Morgan fingerprint density at radius 1 is 1.47 bits per heavy atom. The monoisotopic (exact) mass is 296 g/mol. The maximum absolute atomic E-state index is 3.64. The van der Waals surface area contributed by atoms with Gasteiger partial charge in [-0.15, -0.1) is 0 Å². The smallest absolute Gasteiger partial charge is 0.0193 e. The Bertz CT molecular complexity index is 359. The fourth-order valence-corrected chi connectivity index (χ4v) is 2.75. The minimum Gasteiger partial charge on any atom is -0.315 e. The molecule has 1 saturated heterocycles. The lowest BCUT2D eigenvalue weighted by molar-refractivity contribution is 0.392. The van der Waals surface area contributed by atoms with E-state index in [1.807, 2.05) is 0 Å². The molecule has 1 unspecified atom stereocenters. The van der Waals surface area contributed by atoms with E-state index in [-0.39, 0.29) is 0 Å². The van der Waals surface area contributed by atoms with Crippen molar-refractivity contribution in [1.82, 2.24) is 10.6 Å². The molecular formula is C14H21BrN2. The van der Waals surface area contributed by atoms with Crippen molar-refractivity contribution in [2.45, 2.75) is 32.2 Å². The molecule has 0 aromatic heterocycles. The zero-order valence-electron chi connectivity index (χ0n) is 10.4. The van der Waals surface area contributed by atoms with Gasteiger partial charge in [0.15, 0.2) is 0 Å². The summed E-state index contributed by atoms with van der Waals surface area (Å²) in [5.41, 5.74) is 2.83. The number of nitrogens with one attached hydrogen (secondary N) is 2. The molecule has 94 valence electrons. The molecule has 1 aliphatic rings. The van der Waals surface area contributed by atoms with Crippen molar-refractivity contribution in [3.63, 3.8) is 0 Å². The van der Waals surface area contributed by atoms with Gasteiger partial charge in [0.25, 0.3) is 0 Å². The molecule has 2 rings (SSSR count). The van der Waals surface area contributed by atoms with Gasteiger partial charge in [0.05, 0.1) is 0 Å². The highest BCUT2D eigenvalue weighted by Crippen LogP contribution is 2.16. The van der Waals surface area contributed by atoms with Crippen molar-refractivity contribution in [3.8, 4) is 0 Å². The van der Waals surface area contributed by atoms with Crippen molar-refractivity contribution >= 4 is 15.9 Å². The molecule has 0 spiro atoms. The summed E-state index contributed by atoms with van der Waals surface area (Å²) < 4.78 is 1.18. The highest BCUT2D eigenvalue weighted by atomic mass is 79.9. The fourth-order valence-electron chi connectivity index (χ4n) is 2.35. The van der Waals surface area contributed by atoms with Gasteiger partial charge in [0.2, 0.25) is 0 Å². The molecule has 1 aromatic rings. The van der Waals surface area contributed by atoms with Crippen LogP contribution in [0.3, 0.4) is 0 Å². The van der Waals surface area contributed by atoms with E-state index < -0.39 is 0 Å². The van der Waals surface area contributed by atoms with Gasteiger partial charge in [-0.25, -0.2) is 0 Å². The van der Waals surface area contributed by atoms with Gasteiger partial charge in [0, 0.05) is 17.1 Å². The maximum Gasteiger partial charge on any atom is 0.0193 e. The third kappa shape index (κ3) is 4.09. The first-order chi connectivity index (χ1) is 8.25. The van der Waals surface area contributed by atoms with Gasteiger partial charge in [0.1, 0.15) is 0 Å². The summed E-state index contributed by atoms with van der Waals surface area (Å²) >= 11 is 3.53. The summed E-state index contributed by atoms with van der Waals surface area (Å²) in [5, 5.41) is 7.07. The number of rotatable bonds is 4. The van der Waals surface area contributed by atoms with E-state index in [4.69, 9.17) is 0 Å². The van der Waals surface area contributed by atoms with Crippen LogP contribution in [-0.2, 0) is 6.42 Å². The Kier molecular flexibility index (Phi) is 5.01. The first kappa shape index (κ1) is 13.1. The minimum absolute atomic E-state index is 0.663. The average molecular weight is 297 g/mol. The van der Waals surface area contributed by atoms with Crippen LogP contribution in [0, 0.1) is 6.92 Å². The molecule has 2 N–H and O–H groups in total. The van der Waals surface area contributed by atoms with Crippen LogP contribution in [0.2, 0.25) is 0 Å². The van der Waals surface area contributed by atoms with Crippen molar-refractivity contribution in [2.24, 2.45) is 0 Å². The van der Waals surface area contributed by atoms with E-state index in [9.17, 15) is 0 Å². The standard InChI is InChI=1S/C14H21BrN2/c1-11-4-5-13(15)9-12(11)6-8-17-14-3-2-7-16-10-14/h4-5,9,14,16-17H,2-3,6-8,10H2,1H3. The van der Waals surface area contributed by atoms with Gasteiger partial charge in [-0.05, 0) is 62.5 Å². The van der Waals surface area contributed by atoms with Crippen molar-refractivity contribution in [3.05, 3.63) is 33.8 Å². The number of hydrogen-bond acceptors (Lipinski definition) is 2. The number of halogens is 1. The molecule has 1 atom stereocenters. The first-order valence-corrected chi connectivity index (χ1v) is 7.24. The summed E-state index contributed by atoms with van der Waals surface area (Å²) in [6.07, 6.45) is 3.72. The Balaban J connectivity index is 1.79. The third-order valence-corrected chi connectivity index (χ3v) is 3.93. The van der Waals surface area contributed by atoms with Crippen LogP contribution in [0.1, 0.15) is 24.0 Å². The SMILES string of the molecule is Cc1ccc(Br)cc1CCNC1CCCNC1. The summed E-state index contributed by atoms with van der Waals surface area (Å²) in [6.45, 7) is 5.56. The van der Waals surface area contributed by atoms with Crippen LogP contribution in [0.4, 0.5) is 0 Å². The van der Waals surface area contributed by atoms with Crippen molar-refractivity contribution in [2.75, 3.05) is 19.6 Å². The van der Waals surface area contributed by atoms with Gasteiger partial charge >= 0.3 is 0 Å². The highest BCUT2D eigenvalue weighted by molar-refractivity contribution is 9.10. The Morgan fingerprint density at radius 3 is 3.12 bits per heavy atom. The van der Waals surface area contributed by atoms with E-state index >= 15 is 0 Å². The summed E-state index contributed by atoms with van der Waals surface area (Å²) in [6, 6.07) is 7.19. The van der Waals surface area contributed by atoms with Crippen LogP contribution in [0.15, 0.2) is 22.7 Å². The second kappa shape index (κ2) is 6.53. The lowest BCUT2D eigenvalue weighted by atomic mass is 10.0. The normalized spacial score (nSPS) is 20.5. The molecule has 0 amide bonds. The molecule has 0 bridgehead atoms. The summed E-state index contributed by atoms with van der Waals surface area (Å²) in [7, 11) is 0. The molecular weight excluding hydrogens is 276 g/mol. The lowest BCUT2D eigenvalue weighted by Crippen LogP contribution is -2.43. The predicted octanol–water partition coefficient (Wildman–Crippen LogP) is 2.64. The Hall–Kier alpha value is -0.380. The summed E-state index contributed by atoms with van der Waals surface area (Å²) in [4.78, 5) is 0.